The van der Waals surface area contributed by atoms with Crippen LogP contribution in [0.25, 0.3) is 60.2 Å². The highest BCUT2D eigenvalue weighted by molar-refractivity contribution is 6.23. The van der Waals surface area contributed by atoms with Gasteiger partial charge in [-0.3, -0.25) is 0 Å². The van der Waals surface area contributed by atoms with Gasteiger partial charge in [0.1, 0.15) is 0 Å². The van der Waals surface area contributed by atoms with Gasteiger partial charge < -0.3 is 4.57 Å². The zero-order valence-corrected chi connectivity index (χ0v) is 18.1. The first-order valence-electron chi connectivity index (χ1n) is 11.4. The van der Waals surface area contributed by atoms with Gasteiger partial charge in [0.2, 0.25) is 0 Å². The van der Waals surface area contributed by atoms with Crippen LogP contribution in [0.3, 0.4) is 0 Å². The molecule has 0 fully saturated rings. The maximum Gasteiger partial charge on any atom is 0.0547 e. The molecule has 0 saturated heterocycles. The van der Waals surface area contributed by atoms with Gasteiger partial charge in [-0.2, -0.15) is 0 Å². The molecule has 1 heterocycles. The molecule has 0 atom stereocenters. The van der Waals surface area contributed by atoms with E-state index < -0.39 is 0 Å². The Hall–Kier alpha value is -4.36. The number of para-hydroxylation sites is 1. The predicted molar refractivity (Wildman–Crippen MR) is 141 cm³/mol. The second-order valence-electron chi connectivity index (χ2n) is 8.65. The smallest absolute Gasteiger partial charge is 0.0547 e. The summed E-state index contributed by atoms with van der Waals surface area (Å²) >= 11 is 0. The molecule has 0 aliphatic carbocycles. The molecule has 0 aliphatic heterocycles. The van der Waals surface area contributed by atoms with Crippen molar-refractivity contribution < 1.29 is 0 Å². The van der Waals surface area contributed by atoms with Gasteiger partial charge in [-0.15, -0.1) is 0 Å². The molecule has 0 radical (unpaired) electrons. The van der Waals surface area contributed by atoms with E-state index in [1.54, 1.807) is 0 Å². The minimum atomic E-state index is 1.18. The van der Waals surface area contributed by atoms with Crippen molar-refractivity contribution in [1.29, 1.82) is 0 Å². The zero-order valence-electron chi connectivity index (χ0n) is 18.1. The van der Waals surface area contributed by atoms with Crippen LogP contribution in [0.1, 0.15) is 0 Å². The summed E-state index contributed by atoms with van der Waals surface area (Å²) in [7, 11) is 0. The Morgan fingerprint density at radius 1 is 0.394 bits per heavy atom. The van der Waals surface area contributed by atoms with Crippen LogP contribution in [0.2, 0.25) is 0 Å². The maximum atomic E-state index is 2.40. The van der Waals surface area contributed by atoms with Gasteiger partial charge in [0.25, 0.3) is 0 Å². The first-order valence-corrected chi connectivity index (χ1v) is 11.4. The second-order valence-corrected chi connectivity index (χ2v) is 8.65. The van der Waals surface area contributed by atoms with Crippen LogP contribution in [-0.2, 0) is 0 Å². The van der Waals surface area contributed by atoms with Crippen LogP contribution < -0.4 is 0 Å². The highest BCUT2D eigenvalue weighted by Crippen LogP contribution is 2.38. The molecule has 0 unspecified atom stereocenters. The summed E-state index contributed by atoms with van der Waals surface area (Å²) in [4.78, 5) is 0. The Labute approximate surface area is 192 Å². The summed E-state index contributed by atoms with van der Waals surface area (Å²) in [5.74, 6) is 0. The molecule has 0 bridgehead atoms. The lowest BCUT2D eigenvalue weighted by Crippen LogP contribution is -1.93. The van der Waals surface area contributed by atoms with Gasteiger partial charge in [0, 0.05) is 16.5 Å². The maximum absolute atomic E-state index is 2.40. The molecule has 0 N–H and O–H groups in total. The third-order valence-corrected chi connectivity index (χ3v) is 6.75. The lowest BCUT2D eigenvalue weighted by Gasteiger charge is -2.10. The lowest BCUT2D eigenvalue weighted by atomic mass is 9.99. The number of hydrogen-bond donors (Lipinski definition) is 0. The van der Waals surface area contributed by atoms with Crippen LogP contribution in [0.15, 0.2) is 127 Å². The van der Waals surface area contributed by atoms with Gasteiger partial charge in [-0.05, 0) is 69.1 Å². The molecule has 1 heteroatoms. The van der Waals surface area contributed by atoms with Crippen LogP contribution >= 0.6 is 0 Å². The van der Waals surface area contributed by atoms with Crippen molar-refractivity contribution in [2.75, 3.05) is 0 Å². The van der Waals surface area contributed by atoms with Crippen molar-refractivity contribution in [2.45, 2.75) is 0 Å². The molecule has 154 valence electrons. The predicted octanol–water partition coefficient (Wildman–Crippen LogP) is 8.76. The number of nitrogens with zero attached hydrogens (tertiary/aromatic N) is 1. The van der Waals surface area contributed by atoms with E-state index in [0.717, 1.165) is 0 Å². The summed E-state index contributed by atoms with van der Waals surface area (Å²) < 4.78 is 2.40. The van der Waals surface area contributed by atoms with E-state index in [9.17, 15) is 0 Å². The van der Waals surface area contributed by atoms with E-state index in [2.05, 4.69) is 132 Å². The Morgan fingerprint density at radius 3 is 1.88 bits per heavy atom. The topological polar surface area (TPSA) is 4.93 Å². The lowest BCUT2D eigenvalue weighted by molar-refractivity contribution is 1.18. The molecule has 7 rings (SSSR count). The number of fused-ring (bicyclic) bond motifs is 6. The minimum absolute atomic E-state index is 1.18. The van der Waals surface area contributed by atoms with Crippen molar-refractivity contribution in [3.8, 4) is 16.8 Å². The third kappa shape index (κ3) is 2.79. The van der Waals surface area contributed by atoms with E-state index in [1.165, 1.54) is 60.2 Å². The van der Waals surface area contributed by atoms with E-state index in [0.29, 0.717) is 0 Å². The Morgan fingerprint density at radius 2 is 1.06 bits per heavy atom. The summed E-state index contributed by atoms with van der Waals surface area (Å²) in [5.41, 5.74) is 6.13. The van der Waals surface area contributed by atoms with Gasteiger partial charge in [-0.25, -0.2) is 0 Å². The van der Waals surface area contributed by atoms with Crippen molar-refractivity contribution in [2.24, 2.45) is 0 Å². The molecule has 7 aromatic rings. The van der Waals surface area contributed by atoms with Crippen molar-refractivity contribution in [1.82, 2.24) is 4.57 Å². The summed E-state index contributed by atoms with van der Waals surface area (Å²) in [6.07, 6.45) is 0. The van der Waals surface area contributed by atoms with Crippen LogP contribution in [0.4, 0.5) is 0 Å². The van der Waals surface area contributed by atoms with E-state index in [-0.39, 0.29) is 0 Å². The molecule has 33 heavy (non-hydrogen) atoms. The Bertz CT molecular complexity index is 1790. The fraction of sp³-hybridized carbons (Fsp3) is 0. The minimum Gasteiger partial charge on any atom is -0.309 e. The van der Waals surface area contributed by atoms with Crippen molar-refractivity contribution >= 4 is 43.4 Å². The second kappa shape index (κ2) is 7.08. The number of benzene rings is 6. The highest BCUT2D eigenvalue weighted by Gasteiger charge is 2.15. The first kappa shape index (κ1) is 18.2. The molecule has 6 aromatic carbocycles. The first-order chi connectivity index (χ1) is 16.4. The van der Waals surface area contributed by atoms with E-state index in [1.807, 2.05) is 0 Å². The summed E-state index contributed by atoms with van der Waals surface area (Å²) in [6.45, 7) is 0. The van der Waals surface area contributed by atoms with E-state index >= 15 is 0 Å². The fourth-order valence-corrected chi connectivity index (χ4v) is 5.19. The Kier molecular flexibility index (Phi) is 3.91. The van der Waals surface area contributed by atoms with Gasteiger partial charge in [-0.1, -0.05) is 91.0 Å². The largest absolute Gasteiger partial charge is 0.309 e. The van der Waals surface area contributed by atoms with Gasteiger partial charge in [0.15, 0.2) is 0 Å². The summed E-state index contributed by atoms with van der Waals surface area (Å²) in [5, 5.41) is 7.76. The number of rotatable bonds is 2. The van der Waals surface area contributed by atoms with Crippen molar-refractivity contribution in [3.05, 3.63) is 127 Å². The highest BCUT2D eigenvalue weighted by atomic mass is 15.0. The number of aromatic nitrogens is 1. The average molecular weight is 420 g/mol. The SMILES string of the molecule is c1ccc(-c2ccc(-n3c4ccccc4c4c5cc6ccccc6cc5ccc43)cc2)cc1. The molecule has 0 amide bonds. The molecule has 1 nitrogen and oxygen atoms in total. The monoisotopic (exact) mass is 419 g/mol. The average Bonchev–Trinajstić information content (AvgIpc) is 3.23. The van der Waals surface area contributed by atoms with Crippen LogP contribution in [0.5, 0.6) is 0 Å². The molecule has 0 aliphatic rings. The number of hydrogen-bond acceptors (Lipinski definition) is 0. The molecular weight excluding hydrogens is 398 g/mol. The standard InChI is InChI=1S/C32H21N/c1-2-8-22(9-3-1)23-14-17-27(18-15-23)33-30-13-7-6-12-28(30)32-29-21-25-11-5-4-10-24(25)20-26(29)16-19-31(32)33/h1-21H. The molecular formula is C32H21N. The van der Waals surface area contributed by atoms with Gasteiger partial charge in [0.05, 0.1) is 11.0 Å². The third-order valence-electron chi connectivity index (χ3n) is 6.75. The normalized spacial score (nSPS) is 11.6. The molecule has 1 aromatic heterocycles. The molecule has 0 spiro atoms. The quantitative estimate of drug-likeness (QED) is 0.247. The van der Waals surface area contributed by atoms with Crippen LogP contribution in [0, 0.1) is 0 Å². The molecule has 0 saturated carbocycles. The zero-order chi connectivity index (χ0) is 21.8. The van der Waals surface area contributed by atoms with E-state index in [4.69, 9.17) is 0 Å². The van der Waals surface area contributed by atoms with Gasteiger partial charge >= 0.3 is 0 Å². The van der Waals surface area contributed by atoms with Crippen LogP contribution in [-0.4, -0.2) is 4.57 Å². The Balaban J connectivity index is 1.52. The fourth-order valence-electron chi connectivity index (χ4n) is 5.19. The van der Waals surface area contributed by atoms with Crippen molar-refractivity contribution in [3.63, 3.8) is 0 Å². The summed E-state index contributed by atoms with van der Waals surface area (Å²) in [6, 6.07) is 46.0.